The summed E-state index contributed by atoms with van der Waals surface area (Å²) in [6, 6.07) is 7.64. The topological polar surface area (TPSA) is 76.9 Å². The molecule has 3 rings (SSSR count). The second-order valence-corrected chi connectivity index (χ2v) is 8.29. The van der Waals surface area contributed by atoms with Gasteiger partial charge in [-0.3, -0.25) is 9.59 Å². The Kier molecular flexibility index (Phi) is 5.67. The molecule has 0 saturated carbocycles. The number of ketones is 1. The van der Waals surface area contributed by atoms with Gasteiger partial charge in [0, 0.05) is 18.8 Å². The Morgan fingerprint density at radius 3 is 2.84 bits per heavy atom. The molecule has 0 aliphatic heterocycles. The van der Waals surface area contributed by atoms with Gasteiger partial charge in [0.2, 0.25) is 5.91 Å². The van der Waals surface area contributed by atoms with Gasteiger partial charge in [0.1, 0.15) is 0 Å². The van der Waals surface area contributed by atoms with Gasteiger partial charge < -0.3 is 9.88 Å². The van der Waals surface area contributed by atoms with Gasteiger partial charge in [0.05, 0.1) is 22.1 Å². The van der Waals surface area contributed by atoms with Crippen LogP contribution in [0.3, 0.4) is 0 Å². The largest absolute Gasteiger partial charge is 0.351 e. The van der Waals surface area contributed by atoms with Crippen molar-refractivity contribution in [3.63, 3.8) is 0 Å². The van der Waals surface area contributed by atoms with Gasteiger partial charge in [-0.05, 0) is 23.6 Å². The summed E-state index contributed by atoms with van der Waals surface area (Å²) in [6.07, 6.45) is 0. The molecule has 0 saturated heterocycles. The molecule has 3 heterocycles. The average Bonchev–Trinajstić information content (AvgIpc) is 3.32. The van der Waals surface area contributed by atoms with Crippen molar-refractivity contribution in [2.75, 3.05) is 5.75 Å². The number of nitrogens with zero attached hydrogens (tertiary/aromatic N) is 3. The highest BCUT2D eigenvalue weighted by molar-refractivity contribution is 7.99. The smallest absolute Gasteiger partial charge is 0.217 e. The van der Waals surface area contributed by atoms with Crippen LogP contribution in [0.4, 0.5) is 0 Å². The first-order chi connectivity index (χ1) is 12.0. The lowest BCUT2D eigenvalue weighted by Crippen LogP contribution is -2.18. The molecule has 0 radical (unpaired) electrons. The second kappa shape index (κ2) is 7.94. The number of aromatic nitrogens is 3. The Labute approximate surface area is 157 Å². The van der Waals surface area contributed by atoms with Crippen LogP contribution in [0.2, 0.25) is 0 Å². The quantitative estimate of drug-likeness (QED) is 0.493. The van der Waals surface area contributed by atoms with Gasteiger partial charge in [-0.25, -0.2) is 0 Å². The average molecular weight is 393 g/mol. The Morgan fingerprint density at radius 2 is 2.12 bits per heavy atom. The third-order valence-electron chi connectivity index (χ3n) is 3.36. The van der Waals surface area contributed by atoms with Crippen molar-refractivity contribution < 1.29 is 9.59 Å². The first-order valence-electron chi connectivity index (χ1n) is 7.47. The van der Waals surface area contributed by atoms with Crippen LogP contribution in [0, 0.1) is 0 Å². The van der Waals surface area contributed by atoms with Gasteiger partial charge in [0.25, 0.3) is 0 Å². The van der Waals surface area contributed by atoms with Gasteiger partial charge in [-0.2, -0.15) is 0 Å². The van der Waals surface area contributed by atoms with Crippen LogP contribution in [0.25, 0.3) is 10.7 Å². The van der Waals surface area contributed by atoms with Crippen molar-refractivity contribution in [1.82, 2.24) is 20.1 Å². The monoisotopic (exact) mass is 392 g/mol. The minimum absolute atomic E-state index is 0.0461. The number of carbonyl (C=O) groups excluding carboxylic acids is 2. The van der Waals surface area contributed by atoms with Crippen molar-refractivity contribution in [3.05, 3.63) is 39.4 Å². The molecule has 0 spiro atoms. The van der Waals surface area contributed by atoms with Crippen LogP contribution in [-0.2, 0) is 18.4 Å². The van der Waals surface area contributed by atoms with Gasteiger partial charge in [-0.15, -0.1) is 32.9 Å². The zero-order chi connectivity index (χ0) is 17.8. The third-order valence-corrected chi connectivity index (χ3v) is 6.37. The lowest BCUT2D eigenvalue weighted by atomic mass is 10.3. The fourth-order valence-corrected chi connectivity index (χ4v) is 4.61. The third kappa shape index (κ3) is 4.36. The van der Waals surface area contributed by atoms with E-state index in [0.29, 0.717) is 22.3 Å². The molecule has 1 amide bonds. The number of hydrogen-bond acceptors (Lipinski definition) is 7. The van der Waals surface area contributed by atoms with Crippen LogP contribution in [0.15, 0.2) is 34.8 Å². The van der Waals surface area contributed by atoms with Crippen molar-refractivity contribution >= 4 is 46.1 Å². The van der Waals surface area contributed by atoms with Crippen molar-refractivity contribution in [1.29, 1.82) is 0 Å². The molecule has 0 unspecified atom stereocenters. The molecule has 3 aromatic heterocycles. The zero-order valence-corrected chi connectivity index (χ0v) is 16.1. The summed E-state index contributed by atoms with van der Waals surface area (Å²) < 4.78 is 1.90. The van der Waals surface area contributed by atoms with Crippen molar-refractivity contribution in [2.45, 2.75) is 18.6 Å². The molecule has 130 valence electrons. The van der Waals surface area contributed by atoms with Crippen LogP contribution < -0.4 is 5.32 Å². The molecule has 3 aromatic rings. The van der Waals surface area contributed by atoms with Crippen LogP contribution in [0.1, 0.15) is 21.5 Å². The molecule has 9 heteroatoms. The number of amides is 1. The van der Waals surface area contributed by atoms with Crippen LogP contribution in [-0.4, -0.2) is 32.2 Å². The Morgan fingerprint density at radius 1 is 1.28 bits per heavy atom. The molecule has 25 heavy (non-hydrogen) atoms. The summed E-state index contributed by atoms with van der Waals surface area (Å²) in [7, 11) is 1.90. The molecule has 0 bridgehead atoms. The lowest BCUT2D eigenvalue weighted by molar-refractivity contribution is -0.119. The summed E-state index contributed by atoms with van der Waals surface area (Å²) in [6.45, 7) is 1.93. The summed E-state index contributed by atoms with van der Waals surface area (Å²) in [4.78, 5) is 26.0. The summed E-state index contributed by atoms with van der Waals surface area (Å²) in [5.41, 5.74) is 0. The number of rotatable bonds is 7. The Balaban J connectivity index is 1.60. The number of thiophene rings is 2. The minimum atomic E-state index is -0.0827. The number of Topliss-reactive ketones (excluding diaryl/α,β-unsaturated/α-hetero) is 1. The van der Waals surface area contributed by atoms with E-state index in [-0.39, 0.29) is 11.7 Å². The maximum absolute atomic E-state index is 12.4. The Bertz CT molecular complexity index is 883. The maximum Gasteiger partial charge on any atom is 0.217 e. The molecule has 1 N–H and O–H groups in total. The number of carbonyl (C=O) groups is 2. The number of hydrogen-bond donors (Lipinski definition) is 1. The number of nitrogens with one attached hydrogen (secondary N) is 1. The summed E-state index contributed by atoms with van der Waals surface area (Å²) in [5.74, 6) is 1.07. The highest BCUT2D eigenvalue weighted by Crippen LogP contribution is 2.27. The van der Waals surface area contributed by atoms with E-state index in [9.17, 15) is 9.59 Å². The molecule has 0 fully saturated rings. The zero-order valence-electron chi connectivity index (χ0n) is 13.7. The van der Waals surface area contributed by atoms with Gasteiger partial charge >= 0.3 is 0 Å². The van der Waals surface area contributed by atoms with Gasteiger partial charge in [-0.1, -0.05) is 17.8 Å². The first kappa shape index (κ1) is 17.8. The van der Waals surface area contributed by atoms with E-state index in [4.69, 9.17) is 0 Å². The normalized spacial score (nSPS) is 10.8. The predicted molar refractivity (Wildman–Crippen MR) is 101 cm³/mol. The second-order valence-electron chi connectivity index (χ2n) is 5.23. The minimum Gasteiger partial charge on any atom is -0.351 e. The molecule has 0 atom stereocenters. The van der Waals surface area contributed by atoms with E-state index in [1.165, 1.54) is 30.0 Å². The van der Waals surface area contributed by atoms with E-state index in [1.54, 1.807) is 17.4 Å². The fraction of sp³-hybridized carbons (Fsp3) is 0.250. The highest BCUT2D eigenvalue weighted by atomic mass is 32.2. The summed E-state index contributed by atoms with van der Waals surface area (Å²) >= 11 is 4.39. The van der Waals surface area contributed by atoms with Crippen LogP contribution in [0.5, 0.6) is 0 Å². The lowest BCUT2D eigenvalue weighted by Gasteiger charge is -2.01. The standard InChI is InChI=1S/C16H16N4O2S3/c1-10(21)17-8-11-5-6-13(25-11)12(22)9-24-16-19-18-15(20(16)2)14-4-3-7-23-14/h3-7H,8-9H2,1-2H3,(H,17,21). The molecule has 6 nitrogen and oxygen atoms in total. The molecule has 0 aromatic carbocycles. The SMILES string of the molecule is CC(=O)NCc1ccc(C(=O)CSc2nnc(-c3cccs3)n2C)s1. The van der Waals surface area contributed by atoms with E-state index in [2.05, 4.69) is 15.5 Å². The van der Waals surface area contributed by atoms with E-state index in [1.807, 2.05) is 35.2 Å². The van der Waals surface area contributed by atoms with Crippen LogP contribution >= 0.6 is 34.4 Å². The van der Waals surface area contributed by atoms with E-state index >= 15 is 0 Å². The molecular formula is C16H16N4O2S3. The van der Waals surface area contributed by atoms with E-state index < -0.39 is 0 Å². The Hall–Kier alpha value is -1.97. The highest BCUT2D eigenvalue weighted by Gasteiger charge is 2.15. The fourth-order valence-electron chi connectivity index (χ4n) is 2.10. The van der Waals surface area contributed by atoms with Gasteiger partial charge in [0.15, 0.2) is 16.8 Å². The predicted octanol–water partition coefficient (Wildman–Crippen LogP) is 3.22. The summed E-state index contributed by atoms with van der Waals surface area (Å²) in [5, 5.41) is 13.8. The first-order valence-corrected chi connectivity index (χ1v) is 10.1. The van der Waals surface area contributed by atoms with E-state index in [0.717, 1.165) is 15.6 Å². The molecular weight excluding hydrogens is 376 g/mol. The maximum atomic E-state index is 12.4. The number of thioether (sulfide) groups is 1. The van der Waals surface area contributed by atoms with Crippen molar-refractivity contribution in [2.24, 2.45) is 7.05 Å². The van der Waals surface area contributed by atoms with Crippen molar-refractivity contribution in [3.8, 4) is 10.7 Å². The molecule has 0 aliphatic carbocycles. The molecule has 0 aliphatic rings.